The second-order valence-corrected chi connectivity index (χ2v) is 4.31. The Kier molecular flexibility index (Phi) is 6.45. The predicted octanol–water partition coefficient (Wildman–Crippen LogP) is 1.75. The fourth-order valence-corrected chi connectivity index (χ4v) is 1.75. The van der Waals surface area contributed by atoms with Gasteiger partial charge < -0.3 is 19.9 Å². The molecule has 0 spiro atoms. The van der Waals surface area contributed by atoms with Crippen LogP contribution >= 0.6 is 11.6 Å². The Bertz CT molecular complexity index is 437. The first-order chi connectivity index (χ1) is 9.12. The van der Waals surface area contributed by atoms with Crippen molar-refractivity contribution in [2.45, 2.75) is 20.0 Å². The highest BCUT2D eigenvalue weighted by Gasteiger charge is 2.13. The highest BCUT2D eigenvalue weighted by Crippen LogP contribution is 2.36. The van der Waals surface area contributed by atoms with Gasteiger partial charge in [0.15, 0.2) is 18.1 Å². The number of carbonyl (C=O) groups excluding carboxylic acids is 1. The quantitative estimate of drug-likeness (QED) is 0.802. The number of nitrogens with one attached hydrogen (secondary N) is 1. The van der Waals surface area contributed by atoms with Crippen LogP contribution in [0.3, 0.4) is 0 Å². The summed E-state index contributed by atoms with van der Waals surface area (Å²) in [4.78, 5) is 11.4. The average Bonchev–Trinajstić information content (AvgIpc) is 2.42. The molecule has 0 aliphatic carbocycles. The molecule has 0 saturated heterocycles. The van der Waals surface area contributed by atoms with E-state index in [0.29, 0.717) is 28.6 Å². The standard InChI is InChI=1S/C13H18ClNO4/c1-3-4-15-12(17)8-19-13-10(14)5-9(7-16)6-11(13)18-2/h5-6,16H,3-4,7-8H2,1-2H3,(H,15,17). The fraction of sp³-hybridized carbons (Fsp3) is 0.462. The van der Waals surface area contributed by atoms with Crippen molar-refractivity contribution in [1.82, 2.24) is 5.32 Å². The van der Waals surface area contributed by atoms with E-state index in [1.165, 1.54) is 7.11 Å². The van der Waals surface area contributed by atoms with Crippen molar-refractivity contribution in [2.24, 2.45) is 0 Å². The van der Waals surface area contributed by atoms with Gasteiger partial charge in [-0.15, -0.1) is 0 Å². The molecule has 1 rings (SSSR count). The molecule has 0 atom stereocenters. The van der Waals surface area contributed by atoms with E-state index < -0.39 is 0 Å². The number of aliphatic hydroxyl groups excluding tert-OH is 1. The van der Waals surface area contributed by atoms with Crippen LogP contribution in [0.15, 0.2) is 12.1 Å². The second-order valence-electron chi connectivity index (χ2n) is 3.91. The van der Waals surface area contributed by atoms with E-state index in [-0.39, 0.29) is 19.1 Å². The molecule has 1 amide bonds. The lowest BCUT2D eigenvalue weighted by Crippen LogP contribution is -2.29. The van der Waals surface area contributed by atoms with Gasteiger partial charge >= 0.3 is 0 Å². The number of ether oxygens (including phenoxy) is 2. The van der Waals surface area contributed by atoms with Crippen molar-refractivity contribution in [3.05, 3.63) is 22.7 Å². The fourth-order valence-electron chi connectivity index (χ4n) is 1.46. The molecule has 5 nitrogen and oxygen atoms in total. The third kappa shape index (κ3) is 4.61. The van der Waals surface area contributed by atoms with E-state index in [9.17, 15) is 4.79 Å². The lowest BCUT2D eigenvalue weighted by molar-refractivity contribution is -0.123. The maximum Gasteiger partial charge on any atom is 0.257 e. The van der Waals surface area contributed by atoms with Crippen LogP contribution in [0, 0.1) is 0 Å². The summed E-state index contributed by atoms with van der Waals surface area (Å²) in [6.45, 7) is 2.30. The van der Waals surface area contributed by atoms with E-state index in [0.717, 1.165) is 6.42 Å². The van der Waals surface area contributed by atoms with Gasteiger partial charge in [-0.2, -0.15) is 0 Å². The zero-order chi connectivity index (χ0) is 14.3. The van der Waals surface area contributed by atoms with Gasteiger partial charge in [0.1, 0.15) is 0 Å². The van der Waals surface area contributed by atoms with Gasteiger partial charge in [-0.25, -0.2) is 0 Å². The molecule has 0 bridgehead atoms. The van der Waals surface area contributed by atoms with Crippen LogP contribution in [0.2, 0.25) is 5.02 Å². The smallest absolute Gasteiger partial charge is 0.257 e. The molecule has 0 heterocycles. The molecular weight excluding hydrogens is 270 g/mol. The molecule has 1 aromatic rings. The summed E-state index contributed by atoms with van der Waals surface area (Å²) < 4.78 is 10.5. The topological polar surface area (TPSA) is 67.8 Å². The van der Waals surface area contributed by atoms with Crippen molar-refractivity contribution in [3.8, 4) is 11.5 Å². The summed E-state index contributed by atoms with van der Waals surface area (Å²) in [5, 5.41) is 12.1. The molecule has 2 N–H and O–H groups in total. The normalized spacial score (nSPS) is 10.1. The van der Waals surface area contributed by atoms with Crippen molar-refractivity contribution in [2.75, 3.05) is 20.3 Å². The molecule has 0 saturated carbocycles. The van der Waals surface area contributed by atoms with Crippen molar-refractivity contribution in [1.29, 1.82) is 0 Å². The Morgan fingerprint density at radius 3 is 2.79 bits per heavy atom. The van der Waals surface area contributed by atoms with E-state index in [1.807, 2.05) is 6.92 Å². The van der Waals surface area contributed by atoms with Gasteiger partial charge in [-0.1, -0.05) is 18.5 Å². The molecule has 6 heteroatoms. The second kappa shape index (κ2) is 7.86. The average molecular weight is 288 g/mol. The van der Waals surface area contributed by atoms with Crippen LogP contribution in [-0.4, -0.2) is 31.3 Å². The van der Waals surface area contributed by atoms with Crippen molar-refractivity contribution >= 4 is 17.5 Å². The summed E-state index contributed by atoms with van der Waals surface area (Å²) in [6.07, 6.45) is 0.862. The minimum absolute atomic E-state index is 0.130. The first-order valence-electron chi connectivity index (χ1n) is 5.99. The van der Waals surface area contributed by atoms with E-state index in [4.69, 9.17) is 26.2 Å². The summed E-state index contributed by atoms with van der Waals surface area (Å²) in [6, 6.07) is 3.19. The lowest BCUT2D eigenvalue weighted by atomic mass is 10.2. The minimum atomic E-state index is -0.216. The summed E-state index contributed by atoms with van der Waals surface area (Å²) in [7, 11) is 1.47. The van der Waals surface area contributed by atoms with E-state index in [1.54, 1.807) is 12.1 Å². The first kappa shape index (κ1) is 15.6. The number of amides is 1. The number of methoxy groups -OCH3 is 1. The van der Waals surface area contributed by atoms with Crippen LogP contribution in [0.1, 0.15) is 18.9 Å². The van der Waals surface area contributed by atoms with Crippen LogP contribution in [0.25, 0.3) is 0 Å². The van der Waals surface area contributed by atoms with E-state index in [2.05, 4.69) is 5.32 Å². The van der Waals surface area contributed by atoms with Gasteiger partial charge in [0.2, 0.25) is 0 Å². The minimum Gasteiger partial charge on any atom is -0.493 e. The maximum absolute atomic E-state index is 11.4. The molecule has 0 aromatic heterocycles. The van der Waals surface area contributed by atoms with Crippen LogP contribution < -0.4 is 14.8 Å². The Balaban J connectivity index is 2.74. The predicted molar refractivity (Wildman–Crippen MR) is 72.7 cm³/mol. The number of rotatable bonds is 7. The van der Waals surface area contributed by atoms with E-state index >= 15 is 0 Å². The number of aliphatic hydroxyl groups is 1. The van der Waals surface area contributed by atoms with Crippen LogP contribution in [-0.2, 0) is 11.4 Å². The molecule has 0 aliphatic heterocycles. The zero-order valence-electron chi connectivity index (χ0n) is 11.0. The maximum atomic E-state index is 11.4. The number of carbonyl (C=O) groups is 1. The Hall–Kier alpha value is -1.46. The van der Waals surface area contributed by atoms with Gasteiger partial charge in [-0.3, -0.25) is 4.79 Å². The van der Waals surface area contributed by atoms with Crippen molar-refractivity contribution in [3.63, 3.8) is 0 Å². The summed E-state index contributed by atoms with van der Waals surface area (Å²) >= 11 is 6.03. The third-order valence-electron chi connectivity index (χ3n) is 2.39. The van der Waals surface area contributed by atoms with Gasteiger partial charge in [-0.05, 0) is 24.1 Å². The van der Waals surface area contributed by atoms with Gasteiger partial charge in [0, 0.05) is 6.54 Å². The molecule has 0 unspecified atom stereocenters. The Labute approximate surface area is 117 Å². The number of benzene rings is 1. The molecule has 0 radical (unpaired) electrons. The number of halogens is 1. The van der Waals surface area contributed by atoms with Crippen LogP contribution in [0.4, 0.5) is 0 Å². The van der Waals surface area contributed by atoms with Crippen LogP contribution in [0.5, 0.6) is 11.5 Å². The Morgan fingerprint density at radius 1 is 1.47 bits per heavy atom. The molecule has 19 heavy (non-hydrogen) atoms. The summed E-state index contributed by atoms with van der Waals surface area (Å²) in [5.74, 6) is 0.471. The molecule has 1 aromatic carbocycles. The van der Waals surface area contributed by atoms with Gasteiger partial charge in [0.25, 0.3) is 5.91 Å². The highest BCUT2D eigenvalue weighted by molar-refractivity contribution is 6.32. The molecule has 0 aliphatic rings. The lowest BCUT2D eigenvalue weighted by Gasteiger charge is -2.13. The zero-order valence-corrected chi connectivity index (χ0v) is 11.8. The number of hydrogen-bond acceptors (Lipinski definition) is 4. The Morgan fingerprint density at radius 2 is 2.21 bits per heavy atom. The van der Waals surface area contributed by atoms with Crippen molar-refractivity contribution < 1.29 is 19.4 Å². The molecule has 0 fully saturated rings. The van der Waals surface area contributed by atoms with Gasteiger partial charge in [0.05, 0.1) is 18.7 Å². The SMILES string of the molecule is CCCNC(=O)COc1c(Cl)cc(CO)cc1OC. The molecular formula is C13H18ClNO4. The largest absolute Gasteiger partial charge is 0.493 e. The summed E-state index contributed by atoms with van der Waals surface area (Å²) in [5.41, 5.74) is 0.615. The monoisotopic (exact) mass is 287 g/mol. The molecule has 106 valence electrons. The first-order valence-corrected chi connectivity index (χ1v) is 6.36. The number of hydrogen-bond donors (Lipinski definition) is 2. The third-order valence-corrected chi connectivity index (χ3v) is 2.67. The highest BCUT2D eigenvalue weighted by atomic mass is 35.5.